The number of halogens is 1. The van der Waals surface area contributed by atoms with Crippen LogP contribution in [0.4, 0.5) is 0 Å². The van der Waals surface area contributed by atoms with Gasteiger partial charge in [0.15, 0.2) is 0 Å². The van der Waals surface area contributed by atoms with Crippen LogP contribution >= 0.6 is 11.6 Å². The van der Waals surface area contributed by atoms with Gasteiger partial charge in [0.2, 0.25) is 10.0 Å². The first-order valence-electron chi connectivity index (χ1n) is 7.08. The minimum Gasteiger partial charge on any atom is -0.496 e. The van der Waals surface area contributed by atoms with Crippen LogP contribution in [-0.4, -0.2) is 34.7 Å². The maximum Gasteiger partial charge on any atom is 0.342 e. The monoisotopic (exact) mass is 385 g/mol. The van der Waals surface area contributed by atoms with Crippen LogP contribution in [0, 0.1) is 0 Å². The van der Waals surface area contributed by atoms with Crippen molar-refractivity contribution in [2.24, 2.45) is 5.14 Å². The third-order valence-corrected chi connectivity index (χ3v) is 4.35. The Morgan fingerprint density at radius 1 is 1.12 bits per heavy atom. The fourth-order valence-corrected chi connectivity index (χ4v) is 2.68. The number of carbonyl (C=O) groups excluding carboxylic acids is 1. The number of methoxy groups -OCH3 is 1. The summed E-state index contributed by atoms with van der Waals surface area (Å²) < 4.78 is 38.3. The number of nitrogens with two attached hydrogens (primary N) is 1. The van der Waals surface area contributed by atoms with E-state index < -0.39 is 16.0 Å². The first-order valence-corrected chi connectivity index (χ1v) is 9.00. The topological polar surface area (TPSA) is 105 Å². The van der Waals surface area contributed by atoms with Gasteiger partial charge in [-0.25, -0.2) is 18.4 Å². The molecule has 134 valence electrons. The Morgan fingerprint density at radius 3 is 2.48 bits per heavy atom. The molecule has 0 saturated carbocycles. The van der Waals surface area contributed by atoms with Crippen molar-refractivity contribution in [1.82, 2.24) is 0 Å². The summed E-state index contributed by atoms with van der Waals surface area (Å²) in [6.07, 6.45) is 0. The van der Waals surface area contributed by atoms with Crippen molar-refractivity contribution >= 4 is 27.6 Å². The van der Waals surface area contributed by atoms with E-state index in [1.54, 1.807) is 24.3 Å². The van der Waals surface area contributed by atoms with E-state index in [0.29, 0.717) is 10.8 Å². The van der Waals surface area contributed by atoms with E-state index in [1.807, 2.05) is 0 Å². The van der Waals surface area contributed by atoms with Gasteiger partial charge in [-0.05, 0) is 30.3 Å². The summed E-state index contributed by atoms with van der Waals surface area (Å²) in [5.74, 6) is -0.122. The summed E-state index contributed by atoms with van der Waals surface area (Å²) in [4.78, 5) is 11.9. The molecule has 0 fully saturated rings. The van der Waals surface area contributed by atoms with Crippen molar-refractivity contribution in [1.29, 1.82) is 0 Å². The highest BCUT2D eigenvalue weighted by Crippen LogP contribution is 2.24. The number of esters is 1. The number of hydrogen-bond acceptors (Lipinski definition) is 6. The van der Waals surface area contributed by atoms with E-state index >= 15 is 0 Å². The number of sulfonamides is 1. The Morgan fingerprint density at radius 2 is 1.84 bits per heavy atom. The molecule has 0 atom stereocenters. The summed E-state index contributed by atoms with van der Waals surface area (Å²) in [6, 6.07) is 10.6. The Kier molecular flexibility index (Phi) is 6.24. The van der Waals surface area contributed by atoms with E-state index in [4.69, 9.17) is 31.0 Å². The van der Waals surface area contributed by atoms with Gasteiger partial charge >= 0.3 is 5.97 Å². The number of benzene rings is 2. The zero-order valence-electron chi connectivity index (χ0n) is 13.3. The number of rotatable bonds is 7. The van der Waals surface area contributed by atoms with E-state index in [2.05, 4.69) is 0 Å². The molecular weight excluding hydrogens is 370 g/mol. The second-order valence-electron chi connectivity index (χ2n) is 4.82. The molecule has 2 rings (SSSR count). The molecule has 0 aliphatic carbocycles. The van der Waals surface area contributed by atoms with Gasteiger partial charge in [0.1, 0.15) is 30.3 Å². The lowest BCUT2D eigenvalue weighted by Crippen LogP contribution is -2.16. The lowest BCUT2D eigenvalue weighted by atomic mass is 10.2. The fourth-order valence-electron chi connectivity index (χ4n) is 1.95. The second-order valence-corrected chi connectivity index (χ2v) is 6.79. The normalized spacial score (nSPS) is 11.0. The van der Waals surface area contributed by atoms with Crippen LogP contribution in [0.25, 0.3) is 0 Å². The largest absolute Gasteiger partial charge is 0.496 e. The van der Waals surface area contributed by atoms with E-state index in [0.717, 1.165) is 6.07 Å². The van der Waals surface area contributed by atoms with Crippen LogP contribution in [0.3, 0.4) is 0 Å². The number of primary sulfonamides is 1. The molecular formula is C16H16ClNO6S. The van der Waals surface area contributed by atoms with E-state index in [9.17, 15) is 13.2 Å². The predicted octanol–water partition coefficient (Wildman–Crippen LogP) is 2.23. The lowest BCUT2D eigenvalue weighted by Gasteiger charge is -2.11. The fraction of sp³-hybridized carbons (Fsp3) is 0.188. The van der Waals surface area contributed by atoms with E-state index in [1.165, 1.54) is 19.2 Å². The van der Waals surface area contributed by atoms with Gasteiger partial charge < -0.3 is 14.2 Å². The first kappa shape index (κ1) is 19.0. The summed E-state index contributed by atoms with van der Waals surface area (Å²) in [6.45, 7) is 0.0134. The highest BCUT2D eigenvalue weighted by molar-refractivity contribution is 7.89. The van der Waals surface area contributed by atoms with Gasteiger partial charge in [-0.2, -0.15) is 0 Å². The maximum absolute atomic E-state index is 12.2. The minimum absolute atomic E-state index is 0.0493. The maximum atomic E-state index is 12.2. The van der Waals surface area contributed by atoms with Gasteiger partial charge in [-0.3, -0.25) is 0 Å². The molecule has 2 N–H and O–H groups in total. The quantitative estimate of drug-likeness (QED) is 0.578. The summed E-state index contributed by atoms with van der Waals surface area (Å²) >= 11 is 5.94. The van der Waals surface area contributed by atoms with Crippen molar-refractivity contribution in [3.8, 4) is 11.5 Å². The zero-order valence-corrected chi connectivity index (χ0v) is 14.8. The van der Waals surface area contributed by atoms with Crippen LogP contribution in [0.15, 0.2) is 47.4 Å². The van der Waals surface area contributed by atoms with Gasteiger partial charge in [0.25, 0.3) is 0 Å². The average molecular weight is 386 g/mol. The van der Waals surface area contributed by atoms with Crippen molar-refractivity contribution in [3.05, 3.63) is 53.1 Å². The number of hydrogen-bond donors (Lipinski definition) is 1. The van der Waals surface area contributed by atoms with Crippen LogP contribution in [0.2, 0.25) is 5.02 Å². The van der Waals surface area contributed by atoms with Gasteiger partial charge in [-0.1, -0.05) is 23.7 Å². The molecule has 0 bridgehead atoms. The Balaban J connectivity index is 2.02. The summed E-state index contributed by atoms with van der Waals surface area (Å²) in [5.41, 5.74) is -0.0493. The van der Waals surface area contributed by atoms with Gasteiger partial charge in [-0.15, -0.1) is 0 Å². The highest BCUT2D eigenvalue weighted by atomic mass is 35.5. The Hall–Kier alpha value is -2.29. The number of carbonyl (C=O) groups is 1. The molecule has 0 amide bonds. The first-order chi connectivity index (χ1) is 11.8. The molecule has 0 aromatic heterocycles. The van der Waals surface area contributed by atoms with Crippen molar-refractivity contribution in [2.75, 3.05) is 20.3 Å². The van der Waals surface area contributed by atoms with Crippen LogP contribution < -0.4 is 14.6 Å². The second kappa shape index (κ2) is 8.19. The molecule has 0 radical (unpaired) electrons. The summed E-state index contributed by atoms with van der Waals surface area (Å²) in [7, 11) is -2.60. The molecule has 7 nitrogen and oxygen atoms in total. The molecule has 0 aliphatic rings. The molecule has 25 heavy (non-hydrogen) atoms. The van der Waals surface area contributed by atoms with Crippen molar-refractivity contribution < 1.29 is 27.4 Å². The molecule has 0 saturated heterocycles. The summed E-state index contributed by atoms with van der Waals surface area (Å²) in [5, 5.41) is 5.51. The molecule has 0 spiro atoms. The molecule has 0 unspecified atom stereocenters. The van der Waals surface area contributed by atoms with Crippen molar-refractivity contribution in [3.63, 3.8) is 0 Å². The SMILES string of the molecule is COc1ccc(S(N)(=O)=O)cc1C(=O)OCCOc1ccccc1Cl. The van der Waals surface area contributed by atoms with Crippen molar-refractivity contribution in [2.45, 2.75) is 4.90 Å². The smallest absolute Gasteiger partial charge is 0.342 e. The molecule has 2 aromatic carbocycles. The van der Waals surface area contributed by atoms with Crippen LogP contribution in [0.1, 0.15) is 10.4 Å². The van der Waals surface area contributed by atoms with E-state index in [-0.39, 0.29) is 29.4 Å². The predicted molar refractivity (Wildman–Crippen MR) is 91.6 cm³/mol. The van der Waals surface area contributed by atoms with Crippen LogP contribution in [-0.2, 0) is 14.8 Å². The average Bonchev–Trinajstić information content (AvgIpc) is 2.58. The zero-order chi connectivity index (χ0) is 18.4. The van der Waals surface area contributed by atoms with Gasteiger partial charge in [0, 0.05) is 0 Å². The molecule has 0 heterocycles. The Bertz CT molecular complexity index is 869. The lowest BCUT2D eigenvalue weighted by molar-refractivity contribution is 0.0446. The standard InChI is InChI=1S/C16H16ClNO6S/c1-22-14-7-6-11(25(18,20)21)10-12(14)16(19)24-9-8-23-15-5-3-2-4-13(15)17/h2-7,10H,8-9H2,1H3,(H2,18,20,21). The number of para-hydroxylation sites is 1. The molecule has 9 heteroatoms. The highest BCUT2D eigenvalue weighted by Gasteiger charge is 2.18. The molecule has 0 aliphatic heterocycles. The van der Waals surface area contributed by atoms with Gasteiger partial charge in [0.05, 0.1) is 17.0 Å². The third-order valence-electron chi connectivity index (χ3n) is 3.13. The Labute approximate surface area is 150 Å². The minimum atomic E-state index is -3.95. The number of ether oxygens (including phenoxy) is 3. The molecule has 2 aromatic rings. The van der Waals surface area contributed by atoms with Crippen LogP contribution in [0.5, 0.6) is 11.5 Å². The third kappa shape index (κ3) is 5.09.